The zero-order chi connectivity index (χ0) is 19.4. The Morgan fingerprint density at radius 1 is 1.32 bits per heavy atom. The first kappa shape index (κ1) is 20.5. The second-order valence-electron chi connectivity index (χ2n) is 5.65. The van der Waals surface area contributed by atoms with Gasteiger partial charge in [-0.3, -0.25) is 4.79 Å². The molecule has 1 heterocycles. The first-order valence-electron chi connectivity index (χ1n) is 7.35. The van der Waals surface area contributed by atoms with Crippen LogP contribution in [0.1, 0.15) is 48.4 Å². The summed E-state index contributed by atoms with van der Waals surface area (Å²) in [4.78, 5) is 19.9. The van der Waals surface area contributed by atoms with Gasteiger partial charge < -0.3 is 0 Å². The molecule has 0 aliphatic heterocycles. The van der Waals surface area contributed by atoms with Crippen LogP contribution in [0, 0.1) is 12.3 Å². The number of carbonyl (C=O) groups excluding carboxylic acids is 1. The molecule has 134 valence electrons. The lowest BCUT2D eigenvalue weighted by atomic mass is 9.99. The van der Waals surface area contributed by atoms with Gasteiger partial charge in [-0.05, 0) is 25.0 Å². The van der Waals surface area contributed by atoms with Gasteiger partial charge in [0.15, 0.2) is 6.29 Å². The van der Waals surface area contributed by atoms with Crippen LogP contribution in [-0.2, 0) is 10.0 Å². The molecule has 1 aromatic heterocycles. The smallest absolute Gasteiger partial charge is 0.239 e. The first-order valence-corrected chi connectivity index (χ1v) is 9.19. The number of allylic oxidation sites excluding steroid dienone is 4. The lowest BCUT2D eigenvalue weighted by Crippen LogP contribution is -2.28. The van der Waals surface area contributed by atoms with Crippen molar-refractivity contribution in [3.05, 3.63) is 34.9 Å². The van der Waals surface area contributed by atoms with E-state index in [2.05, 4.69) is 15.9 Å². The Balaban J connectivity index is 3.84. The number of carbonyl (C=O) groups is 1. The Bertz CT molecular complexity index is 877. The molecule has 0 aliphatic rings. The number of hydrogen-bond acceptors (Lipinski definition) is 5. The topological polar surface area (TPSA) is 80.2 Å². The highest BCUT2D eigenvalue weighted by atomic mass is 32.2. The summed E-state index contributed by atoms with van der Waals surface area (Å²) in [5.41, 5.74) is 0.730. The van der Waals surface area contributed by atoms with Crippen LogP contribution in [0.15, 0.2) is 18.0 Å². The number of terminal acetylenes is 1. The fourth-order valence-corrected chi connectivity index (χ4v) is 2.30. The minimum absolute atomic E-state index is 0.0826. The molecule has 0 N–H and O–H groups in total. The van der Waals surface area contributed by atoms with Gasteiger partial charge in [-0.2, -0.15) is 0 Å². The van der Waals surface area contributed by atoms with Crippen molar-refractivity contribution in [1.29, 1.82) is 0 Å². The second kappa shape index (κ2) is 8.03. The van der Waals surface area contributed by atoms with Crippen LogP contribution < -0.4 is 4.31 Å². The summed E-state index contributed by atoms with van der Waals surface area (Å²) in [5.74, 6) is 1.57. The van der Waals surface area contributed by atoms with Crippen LogP contribution in [0.25, 0.3) is 5.57 Å². The van der Waals surface area contributed by atoms with E-state index in [0.29, 0.717) is 12.0 Å². The quantitative estimate of drug-likeness (QED) is 0.440. The normalized spacial score (nSPS) is 12.9. The highest BCUT2D eigenvalue weighted by Crippen LogP contribution is 2.26. The van der Waals surface area contributed by atoms with E-state index in [4.69, 9.17) is 6.42 Å². The van der Waals surface area contributed by atoms with Crippen molar-refractivity contribution in [3.8, 4) is 12.3 Å². The summed E-state index contributed by atoms with van der Waals surface area (Å²) in [5, 5.41) is 0. The maximum atomic E-state index is 13.0. The Labute approximate surface area is 147 Å². The van der Waals surface area contributed by atoms with Crippen molar-refractivity contribution in [1.82, 2.24) is 9.97 Å². The van der Waals surface area contributed by atoms with E-state index < -0.39 is 15.9 Å². The third-order valence-electron chi connectivity index (χ3n) is 3.30. The summed E-state index contributed by atoms with van der Waals surface area (Å²) >= 11 is 0. The number of aromatic nitrogens is 2. The van der Waals surface area contributed by atoms with Crippen molar-refractivity contribution in [2.45, 2.75) is 26.7 Å². The molecule has 0 fully saturated rings. The largest absolute Gasteiger partial charge is 0.298 e. The second-order valence-corrected chi connectivity index (χ2v) is 7.67. The molecular weight excluding hydrogens is 345 g/mol. The third kappa shape index (κ3) is 4.97. The summed E-state index contributed by atoms with van der Waals surface area (Å²) < 4.78 is 37.5. The van der Waals surface area contributed by atoms with E-state index >= 15 is 0 Å². The van der Waals surface area contributed by atoms with Gasteiger partial charge in [0.1, 0.15) is 0 Å². The predicted molar refractivity (Wildman–Crippen MR) is 96.4 cm³/mol. The fourth-order valence-electron chi connectivity index (χ4n) is 1.92. The molecule has 0 spiro atoms. The van der Waals surface area contributed by atoms with E-state index in [9.17, 15) is 17.6 Å². The molecule has 0 radical (unpaired) electrons. The van der Waals surface area contributed by atoms with Crippen LogP contribution >= 0.6 is 0 Å². The molecule has 1 rings (SSSR count). The number of hydrogen-bond donors (Lipinski definition) is 0. The predicted octanol–water partition coefficient (Wildman–Crippen LogP) is 2.70. The van der Waals surface area contributed by atoms with E-state index in [-0.39, 0.29) is 28.7 Å². The Morgan fingerprint density at radius 2 is 1.92 bits per heavy atom. The van der Waals surface area contributed by atoms with Gasteiger partial charge in [-0.15, -0.1) is 6.42 Å². The highest BCUT2D eigenvalue weighted by molar-refractivity contribution is 7.92. The number of anilines is 1. The lowest BCUT2D eigenvalue weighted by molar-refractivity contribution is 0.112. The molecule has 0 aliphatic carbocycles. The van der Waals surface area contributed by atoms with Gasteiger partial charge in [0.2, 0.25) is 16.0 Å². The van der Waals surface area contributed by atoms with Crippen LogP contribution in [0.5, 0.6) is 0 Å². The van der Waals surface area contributed by atoms with E-state index in [1.807, 2.05) is 0 Å². The van der Waals surface area contributed by atoms with Gasteiger partial charge in [0.05, 0.1) is 34.6 Å². The zero-order valence-corrected chi connectivity index (χ0v) is 15.6. The molecule has 0 bridgehead atoms. The average molecular weight is 365 g/mol. The minimum Gasteiger partial charge on any atom is -0.298 e. The van der Waals surface area contributed by atoms with Crippen molar-refractivity contribution < 1.29 is 17.6 Å². The molecule has 6 nitrogen and oxygen atoms in total. The van der Waals surface area contributed by atoms with Crippen molar-refractivity contribution >= 4 is 27.8 Å². The molecule has 0 unspecified atom stereocenters. The van der Waals surface area contributed by atoms with Gasteiger partial charge in [-0.25, -0.2) is 27.1 Å². The number of rotatable bonds is 6. The summed E-state index contributed by atoms with van der Waals surface area (Å²) in [7, 11) is -2.32. The fraction of sp³-hybridized carbons (Fsp3) is 0.353. The van der Waals surface area contributed by atoms with Gasteiger partial charge in [0, 0.05) is 7.05 Å². The summed E-state index contributed by atoms with van der Waals surface area (Å²) in [6, 6.07) is 0. The summed E-state index contributed by atoms with van der Waals surface area (Å²) in [6.45, 7) is 4.84. The van der Waals surface area contributed by atoms with Crippen molar-refractivity contribution in [3.63, 3.8) is 0 Å². The van der Waals surface area contributed by atoms with E-state index in [1.165, 1.54) is 20.0 Å². The molecule has 0 saturated heterocycles. The maximum absolute atomic E-state index is 13.0. The molecular formula is C17H20FN3O3S. The van der Waals surface area contributed by atoms with Crippen LogP contribution in [0.4, 0.5) is 10.3 Å². The van der Waals surface area contributed by atoms with Gasteiger partial charge in [-0.1, -0.05) is 19.8 Å². The Morgan fingerprint density at radius 3 is 2.32 bits per heavy atom. The molecule has 0 atom stereocenters. The van der Waals surface area contributed by atoms with E-state index in [0.717, 1.165) is 16.6 Å². The molecule has 1 aromatic rings. The molecule has 0 aromatic carbocycles. The van der Waals surface area contributed by atoms with Crippen LogP contribution in [0.2, 0.25) is 0 Å². The monoisotopic (exact) mass is 365 g/mol. The molecule has 0 saturated carbocycles. The van der Waals surface area contributed by atoms with Crippen molar-refractivity contribution in [2.75, 3.05) is 17.6 Å². The average Bonchev–Trinajstić information content (AvgIpc) is 2.52. The number of halogens is 1. The number of aldehydes is 1. The molecule has 25 heavy (non-hydrogen) atoms. The Hall–Kier alpha value is -2.53. The lowest BCUT2D eigenvalue weighted by Gasteiger charge is -2.19. The SMILES string of the molecule is C#CC(=CC=C(C)F)c1nc(N(C)S(C)(=O)=O)nc(C(C)C)c1C=O. The first-order chi connectivity index (χ1) is 11.5. The number of sulfonamides is 1. The van der Waals surface area contributed by atoms with Gasteiger partial charge in [0.25, 0.3) is 0 Å². The van der Waals surface area contributed by atoms with Crippen molar-refractivity contribution in [2.24, 2.45) is 0 Å². The third-order valence-corrected chi connectivity index (χ3v) is 4.46. The number of nitrogens with zero attached hydrogens (tertiary/aromatic N) is 3. The maximum Gasteiger partial charge on any atom is 0.239 e. The zero-order valence-electron chi connectivity index (χ0n) is 14.7. The molecule has 8 heteroatoms. The summed E-state index contributed by atoms with van der Waals surface area (Å²) in [6.07, 6.45) is 9.49. The molecule has 0 amide bonds. The van der Waals surface area contributed by atoms with Crippen LogP contribution in [0.3, 0.4) is 0 Å². The standard InChI is InChI=1S/C17H20FN3O3S/c1-7-13(9-8-12(4)18)16-14(10-22)15(11(2)3)19-17(20-16)21(5)25(6,23)24/h1,8-11H,2-6H3. The van der Waals surface area contributed by atoms with Gasteiger partial charge >= 0.3 is 0 Å². The van der Waals surface area contributed by atoms with Crippen LogP contribution in [-0.4, -0.2) is 38.0 Å². The Kier molecular flexibility index (Phi) is 6.59. The minimum atomic E-state index is -3.62. The van der Waals surface area contributed by atoms with E-state index in [1.54, 1.807) is 13.8 Å². The highest BCUT2D eigenvalue weighted by Gasteiger charge is 2.23.